The van der Waals surface area contributed by atoms with Gasteiger partial charge >= 0.3 is 0 Å². The van der Waals surface area contributed by atoms with Gasteiger partial charge in [0.2, 0.25) is 0 Å². The Balaban J connectivity index is 2.51. The maximum absolute atomic E-state index is 12.7. The van der Waals surface area contributed by atoms with Crippen LogP contribution in [0.3, 0.4) is 0 Å². The minimum Gasteiger partial charge on any atom is -0.346 e. The molecule has 0 aliphatic heterocycles. The molecular weight excluding hydrogens is 204 g/mol. The first-order chi connectivity index (χ1) is 7.05. The molecule has 0 spiro atoms. The number of hydrogen-bond acceptors (Lipinski definition) is 3. The summed E-state index contributed by atoms with van der Waals surface area (Å²) in [5.41, 5.74) is 5.06. The van der Waals surface area contributed by atoms with Gasteiger partial charge < -0.3 is 11.1 Å². The van der Waals surface area contributed by atoms with E-state index in [0.717, 1.165) is 0 Å². The minimum atomic E-state index is -3.07. The van der Waals surface area contributed by atoms with E-state index in [4.69, 9.17) is 5.73 Å². The Bertz CT molecular complexity index is 329. The molecule has 0 saturated carbocycles. The van der Waals surface area contributed by atoms with Crippen molar-refractivity contribution < 1.29 is 13.6 Å². The zero-order valence-electron chi connectivity index (χ0n) is 7.91. The number of nitrogens with zero attached hydrogens (tertiary/aromatic N) is 1. The summed E-state index contributed by atoms with van der Waals surface area (Å²) in [5, 5.41) is 2.08. The summed E-state index contributed by atoms with van der Waals surface area (Å²) < 4.78 is 25.3. The molecule has 82 valence electrons. The Morgan fingerprint density at radius 3 is 2.87 bits per heavy atom. The normalized spacial score (nSPS) is 11.1. The maximum atomic E-state index is 12.7. The van der Waals surface area contributed by atoms with Crippen LogP contribution >= 0.6 is 0 Å². The van der Waals surface area contributed by atoms with Crippen molar-refractivity contribution in [1.82, 2.24) is 10.3 Å². The van der Waals surface area contributed by atoms with Crippen molar-refractivity contribution in [3.63, 3.8) is 0 Å². The molecule has 0 fully saturated rings. The van der Waals surface area contributed by atoms with Crippen molar-refractivity contribution in [2.45, 2.75) is 5.92 Å². The van der Waals surface area contributed by atoms with Gasteiger partial charge in [-0.25, -0.2) is 8.78 Å². The molecule has 6 heteroatoms. The lowest BCUT2D eigenvalue weighted by atomic mass is 10.2. The monoisotopic (exact) mass is 215 g/mol. The van der Waals surface area contributed by atoms with Crippen molar-refractivity contribution in [3.05, 3.63) is 30.1 Å². The van der Waals surface area contributed by atoms with Crippen LogP contribution < -0.4 is 11.1 Å². The van der Waals surface area contributed by atoms with Crippen molar-refractivity contribution in [3.8, 4) is 0 Å². The quantitative estimate of drug-likeness (QED) is 0.764. The third-order valence-electron chi connectivity index (χ3n) is 1.73. The minimum absolute atomic E-state index is 0.241. The van der Waals surface area contributed by atoms with Crippen LogP contribution in [0.25, 0.3) is 0 Å². The Hall–Kier alpha value is -1.56. The lowest BCUT2D eigenvalue weighted by Crippen LogP contribution is -2.41. The van der Waals surface area contributed by atoms with Crippen LogP contribution in [0.2, 0.25) is 0 Å². The molecule has 1 amide bonds. The van der Waals surface area contributed by atoms with Crippen molar-refractivity contribution in [2.75, 3.05) is 13.1 Å². The van der Waals surface area contributed by atoms with Gasteiger partial charge in [-0.2, -0.15) is 0 Å². The van der Waals surface area contributed by atoms with E-state index in [9.17, 15) is 13.6 Å². The second-order valence-corrected chi connectivity index (χ2v) is 2.98. The summed E-state index contributed by atoms with van der Waals surface area (Å²) >= 11 is 0. The molecule has 3 N–H and O–H groups in total. The highest BCUT2D eigenvalue weighted by Crippen LogP contribution is 2.09. The number of halogens is 2. The molecule has 0 bridgehead atoms. The third kappa shape index (κ3) is 3.59. The van der Waals surface area contributed by atoms with E-state index >= 15 is 0 Å². The van der Waals surface area contributed by atoms with Gasteiger partial charge in [-0.3, -0.25) is 9.78 Å². The first kappa shape index (κ1) is 11.5. The summed E-state index contributed by atoms with van der Waals surface area (Å²) in [6.45, 7) is -1.56. The highest BCUT2D eigenvalue weighted by molar-refractivity contribution is 5.93. The molecule has 1 aromatic heterocycles. The number of hydrogen-bond donors (Lipinski definition) is 2. The number of rotatable bonds is 4. The van der Waals surface area contributed by atoms with E-state index in [1.807, 2.05) is 0 Å². The zero-order valence-corrected chi connectivity index (χ0v) is 7.91. The van der Waals surface area contributed by atoms with Gasteiger partial charge in [-0.1, -0.05) is 0 Å². The van der Waals surface area contributed by atoms with Gasteiger partial charge in [0.25, 0.3) is 11.8 Å². The number of carbonyl (C=O) groups excluding carboxylic acids is 1. The standard InChI is InChI=1S/C9H11F2N3O/c10-9(11,5-12)6-14-8(15)7-2-1-3-13-4-7/h1-4H,5-6,12H2,(H,14,15). The van der Waals surface area contributed by atoms with Crippen molar-refractivity contribution in [2.24, 2.45) is 5.73 Å². The number of alkyl halides is 2. The van der Waals surface area contributed by atoms with Crippen LogP contribution in [-0.4, -0.2) is 29.9 Å². The number of amides is 1. The lowest BCUT2D eigenvalue weighted by molar-refractivity contribution is 0.0118. The molecule has 0 aliphatic carbocycles. The predicted octanol–water partition coefficient (Wildman–Crippen LogP) is 0.405. The second kappa shape index (κ2) is 4.79. The smallest absolute Gasteiger partial charge is 0.277 e. The molecule has 15 heavy (non-hydrogen) atoms. The molecule has 0 aliphatic rings. The Morgan fingerprint density at radius 1 is 1.60 bits per heavy atom. The first-order valence-electron chi connectivity index (χ1n) is 4.31. The molecule has 1 aromatic rings. The fraction of sp³-hybridized carbons (Fsp3) is 0.333. The topological polar surface area (TPSA) is 68.0 Å². The van der Waals surface area contributed by atoms with Crippen LogP contribution in [0.15, 0.2) is 24.5 Å². The van der Waals surface area contributed by atoms with Crippen molar-refractivity contribution in [1.29, 1.82) is 0 Å². The Labute approximate surface area is 85.5 Å². The molecule has 0 aromatic carbocycles. The van der Waals surface area contributed by atoms with Gasteiger partial charge in [0.05, 0.1) is 18.7 Å². The molecule has 1 rings (SSSR count). The van der Waals surface area contributed by atoms with E-state index in [0.29, 0.717) is 0 Å². The summed E-state index contributed by atoms with van der Waals surface area (Å²) in [7, 11) is 0. The average Bonchev–Trinajstić information content (AvgIpc) is 2.27. The molecule has 0 radical (unpaired) electrons. The maximum Gasteiger partial charge on any atom is 0.277 e. The van der Waals surface area contributed by atoms with Crippen LogP contribution in [0, 0.1) is 0 Å². The second-order valence-electron chi connectivity index (χ2n) is 2.98. The van der Waals surface area contributed by atoms with Crippen LogP contribution in [0.1, 0.15) is 10.4 Å². The number of pyridine rings is 1. The van der Waals surface area contributed by atoms with E-state index < -0.39 is 24.9 Å². The number of aromatic nitrogens is 1. The van der Waals surface area contributed by atoms with Gasteiger partial charge in [0, 0.05) is 12.4 Å². The molecule has 0 unspecified atom stereocenters. The summed E-state index contributed by atoms with van der Waals surface area (Å²) in [6.07, 6.45) is 2.79. The van der Waals surface area contributed by atoms with Gasteiger partial charge in [-0.15, -0.1) is 0 Å². The predicted molar refractivity (Wildman–Crippen MR) is 50.6 cm³/mol. The fourth-order valence-corrected chi connectivity index (χ4v) is 0.881. The fourth-order valence-electron chi connectivity index (χ4n) is 0.881. The SMILES string of the molecule is NCC(F)(F)CNC(=O)c1cccnc1. The van der Waals surface area contributed by atoms with Gasteiger partial charge in [0.15, 0.2) is 0 Å². The van der Waals surface area contributed by atoms with E-state index in [2.05, 4.69) is 10.3 Å². The summed E-state index contributed by atoms with van der Waals surface area (Å²) in [6, 6.07) is 3.04. The summed E-state index contributed by atoms with van der Waals surface area (Å²) in [4.78, 5) is 15.0. The largest absolute Gasteiger partial charge is 0.346 e. The molecule has 4 nitrogen and oxygen atoms in total. The number of nitrogens with two attached hydrogens (primary N) is 1. The number of nitrogens with one attached hydrogen (secondary N) is 1. The van der Waals surface area contributed by atoms with E-state index in [-0.39, 0.29) is 5.56 Å². The lowest BCUT2D eigenvalue weighted by Gasteiger charge is -2.14. The highest BCUT2D eigenvalue weighted by Gasteiger charge is 2.27. The zero-order chi connectivity index (χ0) is 11.3. The highest BCUT2D eigenvalue weighted by atomic mass is 19.3. The molecule has 0 atom stereocenters. The van der Waals surface area contributed by atoms with Crippen molar-refractivity contribution >= 4 is 5.91 Å². The average molecular weight is 215 g/mol. The van der Waals surface area contributed by atoms with Gasteiger partial charge in [0.1, 0.15) is 0 Å². The number of carbonyl (C=O) groups is 1. The third-order valence-corrected chi connectivity index (χ3v) is 1.73. The van der Waals surface area contributed by atoms with Gasteiger partial charge in [-0.05, 0) is 12.1 Å². The molecule has 1 heterocycles. The van der Waals surface area contributed by atoms with E-state index in [1.165, 1.54) is 18.5 Å². The van der Waals surface area contributed by atoms with E-state index in [1.54, 1.807) is 6.07 Å². The first-order valence-corrected chi connectivity index (χ1v) is 4.31. The van der Waals surface area contributed by atoms with Crippen LogP contribution in [0.5, 0.6) is 0 Å². The Morgan fingerprint density at radius 2 is 2.33 bits per heavy atom. The molecule has 0 saturated heterocycles. The van der Waals surface area contributed by atoms with Crippen LogP contribution in [0.4, 0.5) is 8.78 Å². The Kier molecular flexibility index (Phi) is 3.68. The summed E-state index contributed by atoms with van der Waals surface area (Å²) in [5.74, 6) is -3.66. The molecular formula is C9H11F2N3O. The van der Waals surface area contributed by atoms with Crippen LogP contribution in [-0.2, 0) is 0 Å².